The number of nitrogens with one attached hydrogen (secondary N) is 1. The maximum atomic E-state index is 12.4. The van der Waals surface area contributed by atoms with E-state index in [1.807, 2.05) is 24.3 Å². The van der Waals surface area contributed by atoms with Crippen LogP contribution in [0.25, 0.3) is 5.69 Å². The van der Waals surface area contributed by atoms with Crippen LogP contribution in [0.5, 0.6) is 11.5 Å². The Morgan fingerprint density at radius 3 is 2.37 bits per heavy atom. The molecule has 1 aromatic heterocycles. The van der Waals surface area contributed by atoms with E-state index in [4.69, 9.17) is 9.84 Å². The lowest BCUT2D eigenvalue weighted by molar-refractivity contribution is -0.274. The summed E-state index contributed by atoms with van der Waals surface area (Å²) in [5.41, 5.74) is 3.90. The zero-order valence-corrected chi connectivity index (χ0v) is 16.5. The molecule has 2 heterocycles. The highest BCUT2D eigenvalue weighted by Crippen LogP contribution is 2.31. The molecule has 5 nitrogen and oxygen atoms in total. The lowest BCUT2D eigenvalue weighted by Gasteiger charge is -2.11. The molecule has 0 saturated heterocycles. The molecule has 1 N–H and O–H groups in total. The third kappa shape index (κ3) is 4.53. The summed E-state index contributed by atoms with van der Waals surface area (Å²) in [7, 11) is 1.63. The van der Waals surface area contributed by atoms with Crippen LogP contribution in [0.2, 0.25) is 0 Å². The summed E-state index contributed by atoms with van der Waals surface area (Å²) in [6.07, 6.45) is -1.04. The fourth-order valence-electron chi connectivity index (χ4n) is 3.63. The van der Waals surface area contributed by atoms with Crippen LogP contribution in [0.3, 0.4) is 0 Å². The zero-order chi connectivity index (χ0) is 21.1. The van der Waals surface area contributed by atoms with Gasteiger partial charge in [0.05, 0.1) is 18.5 Å². The number of nitrogens with zero attached hydrogens (tertiary/aromatic N) is 2. The van der Waals surface area contributed by atoms with E-state index in [1.165, 1.54) is 12.1 Å². The van der Waals surface area contributed by atoms with E-state index in [2.05, 4.69) is 10.1 Å². The van der Waals surface area contributed by atoms with Gasteiger partial charge in [0, 0.05) is 18.5 Å². The highest BCUT2D eigenvalue weighted by molar-refractivity contribution is 5.55. The van der Waals surface area contributed by atoms with Gasteiger partial charge in [0.25, 0.3) is 0 Å². The number of anilines is 1. The second-order valence-electron chi connectivity index (χ2n) is 7.14. The predicted octanol–water partition coefficient (Wildman–Crippen LogP) is 5.12. The summed E-state index contributed by atoms with van der Waals surface area (Å²) in [6.45, 7) is 0.829. The zero-order valence-electron chi connectivity index (χ0n) is 16.5. The molecule has 0 saturated carbocycles. The quantitative estimate of drug-likeness (QED) is 0.626. The third-order valence-corrected chi connectivity index (χ3v) is 5.06. The number of ether oxygens (including phenoxy) is 2. The molecule has 0 radical (unpaired) electrons. The normalized spacial score (nSPS) is 13.9. The lowest BCUT2D eigenvalue weighted by Crippen LogP contribution is -2.17. The van der Waals surface area contributed by atoms with Gasteiger partial charge in [-0.25, -0.2) is 4.68 Å². The Bertz CT molecular complexity index is 996. The van der Waals surface area contributed by atoms with Gasteiger partial charge in [0.2, 0.25) is 0 Å². The minimum absolute atomic E-state index is 0.254. The van der Waals surface area contributed by atoms with Crippen LogP contribution in [-0.2, 0) is 12.8 Å². The number of rotatable bonds is 5. The predicted molar refractivity (Wildman–Crippen MR) is 107 cm³/mol. The van der Waals surface area contributed by atoms with E-state index in [0.29, 0.717) is 12.1 Å². The first kappa shape index (κ1) is 20.1. The second kappa shape index (κ2) is 8.30. The van der Waals surface area contributed by atoms with Crippen LogP contribution in [-0.4, -0.2) is 29.8 Å². The highest BCUT2D eigenvalue weighted by Gasteiger charge is 2.31. The number of methoxy groups -OCH3 is 1. The van der Waals surface area contributed by atoms with Crippen molar-refractivity contribution in [1.29, 1.82) is 0 Å². The number of halogens is 3. The number of hydrogen-bond donors (Lipinski definition) is 1. The van der Waals surface area contributed by atoms with Gasteiger partial charge in [-0.05, 0) is 61.2 Å². The Morgan fingerprint density at radius 1 is 1.00 bits per heavy atom. The molecule has 30 heavy (non-hydrogen) atoms. The highest BCUT2D eigenvalue weighted by atomic mass is 19.4. The molecule has 158 valence electrons. The number of benzene rings is 2. The summed E-state index contributed by atoms with van der Waals surface area (Å²) in [5.74, 6) is 1.45. The van der Waals surface area contributed by atoms with Crippen LogP contribution >= 0.6 is 0 Å². The van der Waals surface area contributed by atoms with Crippen LogP contribution in [0, 0.1) is 0 Å². The maximum absolute atomic E-state index is 12.4. The van der Waals surface area contributed by atoms with Crippen molar-refractivity contribution in [3.63, 3.8) is 0 Å². The average molecular weight is 417 g/mol. The Kier molecular flexibility index (Phi) is 5.57. The lowest BCUT2D eigenvalue weighted by atomic mass is 10.0. The molecule has 1 aliphatic rings. The van der Waals surface area contributed by atoms with Gasteiger partial charge in [0.15, 0.2) is 0 Å². The largest absolute Gasteiger partial charge is 0.573 e. The molecular formula is C22H22F3N3O2. The summed E-state index contributed by atoms with van der Waals surface area (Å²) in [5, 5.41) is 8.24. The molecule has 0 fully saturated rings. The van der Waals surface area contributed by atoms with Crippen molar-refractivity contribution in [3.05, 3.63) is 65.4 Å². The fourth-order valence-corrected chi connectivity index (χ4v) is 3.63. The van der Waals surface area contributed by atoms with E-state index in [1.54, 1.807) is 23.9 Å². The molecule has 0 aliphatic carbocycles. The summed E-state index contributed by atoms with van der Waals surface area (Å²) >= 11 is 0. The first-order chi connectivity index (χ1) is 14.4. The van der Waals surface area contributed by atoms with Crippen LogP contribution in [0.4, 0.5) is 19.0 Å². The monoisotopic (exact) mass is 417 g/mol. The van der Waals surface area contributed by atoms with E-state index >= 15 is 0 Å². The Labute approximate surface area is 172 Å². The molecule has 8 heteroatoms. The van der Waals surface area contributed by atoms with E-state index in [0.717, 1.165) is 54.2 Å². The minimum atomic E-state index is -4.71. The first-order valence-corrected chi connectivity index (χ1v) is 9.77. The van der Waals surface area contributed by atoms with Crippen molar-refractivity contribution in [2.75, 3.05) is 19.0 Å². The number of alkyl halides is 3. The van der Waals surface area contributed by atoms with Gasteiger partial charge < -0.3 is 14.8 Å². The molecule has 0 spiro atoms. The molecular weight excluding hydrogens is 395 g/mol. The topological polar surface area (TPSA) is 48.3 Å². The van der Waals surface area contributed by atoms with Crippen molar-refractivity contribution in [3.8, 4) is 17.2 Å². The summed E-state index contributed by atoms with van der Waals surface area (Å²) in [4.78, 5) is 0. The Balaban J connectivity index is 1.66. The summed E-state index contributed by atoms with van der Waals surface area (Å²) in [6, 6.07) is 13.6. The summed E-state index contributed by atoms with van der Waals surface area (Å²) < 4.78 is 48.3. The molecule has 0 amide bonds. The van der Waals surface area contributed by atoms with Crippen LogP contribution in [0.15, 0.2) is 48.5 Å². The van der Waals surface area contributed by atoms with Crippen molar-refractivity contribution < 1.29 is 22.6 Å². The van der Waals surface area contributed by atoms with Crippen molar-refractivity contribution in [2.45, 2.75) is 32.0 Å². The molecule has 0 bridgehead atoms. The molecule has 0 unspecified atom stereocenters. The van der Waals surface area contributed by atoms with Gasteiger partial charge >= 0.3 is 6.36 Å². The molecule has 0 atom stereocenters. The van der Waals surface area contributed by atoms with Gasteiger partial charge in [-0.2, -0.15) is 5.10 Å². The van der Waals surface area contributed by atoms with Crippen LogP contribution < -0.4 is 14.8 Å². The SMILES string of the molecule is COc1ccc(Cc2nn(-c3ccc(OC(F)(F)F)cc3)c3c2CCCCN3)cc1. The number of hydrogen-bond acceptors (Lipinski definition) is 4. The molecule has 1 aliphatic heterocycles. The average Bonchev–Trinajstić information content (AvgIpc) is 2.89. The maximum Gasteiger partial charge on any atom is 0.573 e. The molecule has 2 aromatic carbocycles. The van der Waals surface area contributed by atoms with Crippen molar-refractivity contribution in [1.82, 2.24) is 9.78 Å². The fraction of sp³-hybridized carbons (Fsp3) is 0.318. The van der Waals surface area contributed by atoms with E-state index < -0.39 is 6.36 Å². The van der Waals surface area contributed by atoms with E-state index in [9.17, 15) is 13.2 Å². The van der Waals surface area contributed by atoms with Gasteiger partial charge in [-0.3, -0.25) is 0 Å². The standard InChI is InChI=1S/C22H22F3N3O2/c1-29-17-9-5-15(6-10-17)14-20-19-4-2-3-13-26-21(19)28(27-20)16-7-11-18(12-8-16)30-22(23,24)25/h5-12,26H,2-4,13-14H2,1H3. The number of aromatic nitrogens is 2. The molecule has 3 aromatic rings. The third-order valence-electron chi connectivity index (χ3n) is 5.06. The minimum Gasteiger partial charge on any atom is -0.497 e. The van der Waals surface area contributed by atoms with E-state index in [-0.39, 0.29) is 5.75 Å². The second-order valence-corrected chi connectivity index (χ2v) is 7.14. The van der Waals surface area contributed by atoms with Crippen molar-refractivity contribution in [2.24, 2.45) is 0 Å². The van der Waals surface area contributed by atoms with Crippen LogP contribution in [0.1, 0.15) is 29.7 Å². The first-order valence-electron chi connectivity index (χ1n) is 9.77. The number of fused-ring (bicyclic) bond motifs is 1. The van der Waals surface area contributed by atoms with Gasteiger partial charge in [0.1, 0.15) is 17.3 Å². The Morgan fingerprint density at radius 2 is 1.70 bits per heavy atom. The van der Waals surface area contributed by atoms with Gasteiger partial charge in [-0.15, -0.1) is 13.2 Å². The van der Waals surface area contributed by atoms with Gasteiger partial charge in [-0.1, -0.05) is 12.1 Å². The van der Waals surface area contributed by atoms with Crippen molar-refractivity contribution >= 4 is 5.82 Å². The Hall–Kier alpha value is -3.16. The smallest absolute Gasteiger partial charge is 0.497 e. The molecule has 4 rings (SSSR count).